The van der Waals surface area contributed by atoms with Crippen LogP contribution in [0.5, 0.6) is 0 Å². The fraction of sp³-hybridized carbons (Fsp3) is 0.435. The van der Waals surface area contributed by atoms with E-state index in [1.807, 2.05) is 6.07 Å². The van der Waals surface area contributed by atoms with Gasteiger partial charge >= 0.3 is 0 Å². The van der Waals surface area contributed by atoms with Crippen molar-refractivity contribution in [2.45, 2.75) is 56.8 Å². The Balaban J connectivity index is 1.53. The molecule has 5 rings (SSSR count). The number of fused-ring (bicyclic) bond motifs is 1. The second kappa shape index (κ2) is 8.72. The van der Waals surface area contributed by atoms with Crippen molar-refractivity contribution in [3.63, 3.8) is 0 Å². The highest BCUT2D eigenvalue weighted by Gasteiger charge is 2.28. The maximum Gasteiger partial charge on any atom is 0.231 e. The minimum Gasteiger partial charge on any atom is -0.691 e. The van der Waals surface area contributed by atoms with Gasteiger partial charge in [0, 0.05) is 18.8 Å². The Hall–Kier alpha value is -2.04. The van der Waals surface area contributed by atoms with Crippen molar-refractivity contribution in [2.75, 3.05) is 18.0 Å². The number of hydrogen-bond donors (Lipinski definition) is 0. The lowest BCUT2D eigenvalue weighted by molar-refractivity contribution is -0.777. The minimum atomic E-state index is 0.0774. The number of hydrogen-bond acceptors (Lipinski definition) is 9. The van der Waals surface area contributed by atoms with E-state index in [1.54, 1.807) is 0 Å². The lowest BCUT2D eigenvalue weighted by Crippen LogP contribution is -2.34. The molecule has 0 unspecified atom stereocenters. The molecule has 0 saturated carbocycles. The van der Waals surface area contributed by atoms with E-state index >= 15 is 0 Å². The highest BCUT2D eigenvalue weighted by atomic mass is 32.2. The van der Waals surface area contributed by atoms with Gasteiger partial charge in [-0.1, -0.05) is 38.2 Å². The first kappa shape index (κ1) is 21.8. The fourth-order valence-corrected chi connectivity index (χ4v) is 5.95. The highest BCUT2D eigenvalue weighted by Crippen LogP contribution is 2.46. The van der Waals surface area contributed by atoms with Gasteiger partial charge in [0.2, 0.25) is 5.13 Å². The van der Waals surface area contributed by atoms with Crippen molar-refractivity contribution < 1.29 is 14.6 Å². The topological polar surface area (TPSA) is 82.4 Å². The van der Waals surface area contributed by atoms with Crippen molar-refractivity contribution in [3.05, 3.63) is 41.0 Å². The maximum atomic E-state index is 10.5. The van der Waals surface area contributed by atoms with Crippen LogP contribution in [-0.4, -0.2) is 18.1 Å². The highest BCUT2D eigenvalue weighted by molar-refractivity contribution is 7.94. The third-order valence-electron chi connectivity index (χ3n) is 6.08. The SMILES string of the molecule is CC(C)(C)c1ccc2nc(N=Nc3cc4c5c(c3SOO[O-])CCCN5CCC4)sc2c1. The number of rotatable bonds is 5. The van der Waals surface area contributed by atoms with E-state index in [1.165, 1.54) is 33.7 Å². The predicted molar refractivity (Wildman–Crippen MR) is 126 cm³/mol. The Labute approximate surface area is 195 Å². The molecule has 1 aromatic heterocycles. The Morgan fingerprint density at radius 1 is 1.12 bits per heavy atom. The third-order valence-corrected chi connectivity index (χ3v) is 7.73. The molecule has 9 heteroatoms. The molecule has 0 amide bonds. The number of azo groups is 1. The first-order valence-electron chi connectivity index (χ1n) is 10.8. The molecule has 0 spiro atoms. The molecule has 2 aromatic carbocycles. The molecule has 0 radical (unpaired) electrons. The Bertz CT molecular complexity index is 1180. The van der Waals surface area contributed by atoms with Gasteiger partial charge in [-0.25, -0.2) is 4.98 Å². The van der Waals surface area contributed by atoms with Crippen molar-refractivity contribution in [3.8, 4) is 0 Å². The Kier molecular flexibility index (Phi) is 5.94. The van der Waals surface area contributed by atoms with Crippen LogP contribution in [0.15, 0.2) is 39.4 Å². The van der Waals surface area contributed by atoms with Crippen LogP contribution in [-0.2, 0) is 27.6 Å². The molecule has 3 heterocycles. The summed E-state index contributed by atoms with van der Waals surface area (Å²) in [7, 11) is 0. The third kappa shape index (κ3) is 4.15. The Morgan fingerprint density at radius 2 is 1.94 bits per heavy atom. The molecule has 0 bridgehead atoms. The van der Waals surface area contributed by atoms with Gasteiger partial charge in [-0.2, -0.15) is 4.33 Å². The fourth-order valence-electron chi connectivity index (χ4n) is 4.55. The monoisotopic (exact) mass is 469 g/mol. The summed E-state index contributed by atoms with van der Waals surface area (Å²) in [6.45, 7) is 8.73. The zero-order chi connectivity index (χ0) is 22.3. The summed E-state index contributed by atoms with van der Waals surface area (Å²) in [6.07, 6.45) is 4.13. The standard InChI is InChI=1S/C23H26N4O3S2/c1-23(2,3)15-8-9-17-19(13-15)31-22(24-17)26-25-18-12-14-6-4-10-27-11-5-7-16(20(14)27)21(18)32-30-29-28/h8-9,12-13,28H,4-7,10-11H2,1-3H3/p-1. The van der Waals surface area contributed by atoms with Crippen LogP contribution in [0.2, 0.25) is 0 Å². The minimum absolute atomic E-state index is 0.0774. The van der Waals surface area contributed by atoms with E-state index in [0.717, 1.165) is 65.9 Å². The molecule has 0 N–H and O–H groups in total. The number of thiazole rings is 1. The molecule has 0 atom stereocenters. The van der Waals surface area contributed by atoms with Gasteiger partial charge in [0.05, 0.1) is 27.2 Å². The van der Waals surface area contributed by atoms with E-state index in [2.05, 4.69) is 64.1 Å². The first-order chi connectivity index (χ1) is 15.4. The first-order valence-corrected chi connectivity index (χ1v) is 12.4. The average molecular weight is 470 g/mol. The summed E-state index contributed by atoms with van der Waals surface area (Å²) in [6, 6.07) is 8.42. The number of aryl methyl sites for hydroxylation is 1. The zero-order valence-corrected chi connectivity index (χ0v) is 20.0. The normalized spacial score (nSPS) is 16.2. The van der Waals surface area contributed by atoms with E-state index in [9.17, 15) is 5.26 Å². The lowest BCUT2D eigenvalue weighted by atomic mass is 9.87. The van der Waals surface area contributed by atoms with Crippen molar-refractivity contribution in [1.29, 1.82) is 0 Å². The summed E-state index contributed by atoms with van der Waals surface area (Å²) < 4.78 is 5.82. The molecule has 7 nitrogen and oxygen atoms in total. The predicted octanol–water partition coefficient (Wildman–Crippen LogP) is 5.94. The Morgan fingerprint density at radius 3 is 2.72 bits per heavy atom. The van der Waals surface area contributed by atoms with E-state index < -0.39 is 0 Å². The summed E-state index contributed by atoms with van der Waals surface area (Å²) in [5.41, 5.74) is 6.69. The number of anilines is 1. The average Bonchev–Trinajstić information content (AvgIpc) is 3.19. The number of benzene rings is 2. The smallest absolute Gasteiger partial charge is 0.231 e. The van der Waals surface area contributed by atoms with Gasteiger partial charge in [0.1, 0.15) is 5.69 Å². The lowest BCUT2D eigenvalue weighted by Gasteiger charge is -2.37. The number of aromatic nitrogens is 1. The summed E-state index contributed by atoms with van der Waals surface area (Å²) >= 11 is 2.45. The second-order valence-corrected chi connectivity index (χ2v) is 11.0. The summed E-state index contributed by atoms with van der Waals surface area (Å²) in [5.74, 6) is 0. The molecule has 2 aliphatic rings. The van der Waals surface area contributed by atoms with Crippen LogP contribution >= 0.6 is 23.4 Å². The van der Waals surface area contributed by atoms with Crippen LogP contribution in [0.1, 0.15) is 50.3 Å². The molecular weight excluding hydrogens is 444 g/mol. The summed E-state index contributed by atoms with van der Waals surface area (Å²) in [5, 5.41) is 23.8. The van der Waals surface area contributed by atoms with Gasteiger partial charge in [-0.3, -0.25) is 5.04 Å². The van der Waals surface area contributed by atoms with Gasteiger partial charge in [0.15, 0.2) is 0 Å². The molecule has 0 aliphatic carbocycles. The quantitative estimate of drug-likeness (QED) is 0.199. The molecular formula is C23H25N4O3S2-. The van der Waals surface area contributed by atoms with Crippen LogP contribution in [0.4, 0.5) is 16.5 Å². The molecule has 3 aromatic rings. The summed E-state index contributed by atoms with van der Waals surface area (Å²) in [4.78, 5) is 7.86. The van der Waals surface area contributed by atoms with Gasteiger partial charge in [-0.15, -0.1) is 10.2 Å². The van der Waals surface area contributed by atoms with Gasteiger partial charge in [-0.05, 0) is 66.0 Å². The molecule has 2 aliphatic heterocycles. The number of nitrogens with zero attached hydrogens (tertiary/aromatic N) is 4. The largest absolute Gasteiger partial charge is 0.691 e. The van der Waals surface area contributed by atoms with Crippen LogP contribution in [0.3, 0.4) is 0 Å². The zero-order valence-electron chi connectivity index (χ0n) is 18.4. The van der Waals surface area contributed by atoms with Crippen molar-refractivity contribution in [2.24, 2.45) is 10.2 Å². The molecule has 0 fully saturated rings. The van der Waals surface area contributed by atoms with Crippen LogP contribution < -0.4 is 10.2 Å². The molecule has 32 heavy (non-hydrogen) atoms. The van der Waals surface area contributed by atoms with E-state index in [4.69, 9.17) is 4.33 Å². The van der Waals surface area contributed by atoms with E-state index in [-0.39, 0.29) is 5.41 Å². The van der Waals surface area contributed by atoms with Gasteiger partial charge < -0.3 is 10.2 Å². The van der Waals surface area contributed by atoms with E-state index in [0.29, 0.717) is 10.8 Å². The maximum absolute atomic E-state index is 10.5. The van der Waals surface area contributed by atoms with Crippen molar-refractivity contribution in [1.82, 2.24) is 4.98 Å². The van der Waals surface area contributed by atoms with Crippen LogP contribution in [0, 0.1) is 0 Å². The molecule has 0 saturated heterocycles. The van der Waals surface area contributed by atoms with Crippen LogP contribution in [0.25, 0.3) is 10.2 Å². The van der Waals surface area contributed by atoms with Crippen molar-refractivity contribution >= 4 is 50.1 Å². The second-order valence-electron chi connectivity index (χ2n) is 9.25. The van der Waals surface area contributed by atoms with Gasteiger partial charge in [0.25, 0.3) is 0 Å². The molecule has 168 valence electrons.